The fourth-order valence-corrected chi connectivity index (χ4v) is 2.34. The Morgan fingerprint density at radius 3 is 2.56 bits per heavy atom. The summed E-state index contributed by atoms with van der Waals surface area (Å²) in [6.45, 7) is 5.38. The zero-order valence-electron chi connectivity index (χ0n) is 14.9. The molecular formula is C17H24BrF2NO4. The van der Waals surface area contributed by atoms with Gasteiger partial charge in [0.25, 0.3) is 6.43 Å². The quantitative estimate of drug-likeness (QED) is 0.618. The number of carbonyl (C=O) groups is 1. The van der Waals surface area contributed by atoms with Crippen molar-refractivity contribution in [1.29, 1.82) is 0 Å². The van der Waals surface area contributed by atoms with Crippen LogP contribution in [0.1, 0.15) is 26.3 Å². The van der Waals surface area contributed by atoms with Crippen LogP contribution in [0.3, 0.4) is 0 Å². The molecule has 0 aliphatic carbocycles. The normalized spacial score (nSPS) is 11.5. The van der Waals surface area contributed by atoms with Gasteiger partial charge < -0.3 is 19.1 Å². The first-order valence-corrected chi connectivity index (χ1v) is 8.58. The molecule has 1 aromatic carbocycles. The molecule has 0 aromatic heterocycles. The van der Waals surface area contributed by atoms with Crippen molar-refractivity contribution in [2.75, 3.05) is 26.9 Å². The van der Waals surface area contributed by atoms with E-state index in [2.05, 4.69) is 15.9 Å². The molecular weight excluding hydrogens is 400 g/mol. The van der Waals surface area contributed by atoms with E-state index in [4.69, 9.17) is 14.2 Å². The summed E-state index contributed by atoms with van der Waals surface area (Å²) in [6, 6.07) is 5.01. The molecule has 0 heterocycles. The molecule has 142 valence electrons. The number of hydrogen-bond acceptors (Lipinski definition) is 4. The number of hydrogen-bond donors (Lipinski definition) is 0. The lowest BCUT2D eigenvalue weighted by atomic mass is 10.2. The van der Waals surface area contributed by atoms with Gasteiger partial charge in [0.15, 0.2) is 0 Å². The lowest BCUT2D eigenvalue weighted by Gasteiger charge is -2.28. The molecule has 1 aromatic rings. The van der Waals surface area contributed by atoms with E-state index in [-0.39, 0.29) is 6.54 Å². The summed E-state index contributed by atoms with van der Waals surface area (Å²) in [7, 11) is 1.53. The van der Waals surface area contributed by atoms with Crippen LogP contribution in [0.4, 0.5) is 13.6 Å². The summed E-state index contributed by atoms with van der Waals surface area (Å²) in [5.41, 5.74) is -0.0497. The highest BCUT2D eigenvalue weighted by Gasteiger charge is 2.23. The first-order chi connectivity index (χ1) is 11.6. The molecule has 1 rings (SSSR count). The number of halogens is 3. The van der Waals surface area contributed by atoms with E-state index in [1.54, 1.807) is 39.0 Å². The maximum absolute atomic E-state index is 12.4. The number of benzene rings is 1. The van der Waals surface area contributed by atoms with Crippen molar-refractivity contribution in [2.45, 2.75) is 39.3 Å². The van der Waals surface area contributed by atoms with Crippen LogP contribution >= 0.6 is 15.9 Å². The first kappa shape index (κ1) is 21.6. The van der Waals surface area contributed by atoms with E-state index in [0.717, 1.165) is 4.47 Å². The van der Waals surface area contributed by atoms with Gasteiger partial charge in [-0.2, -0.15) is 0 Å². The molecule has 0 saturated carbocycles. The molecule has 5 nitrogen and oxygen atoms in total. The molecule has 8 heteroatoms. The van der Waals surface area contributed by atoms with Crippen molar-refractivity contribution in [3.8, 4) is 5.75 Å². The summed E-state index contributed by atoms with van der Waals surface area (Å²) in [4.78, 5) is 13.9. The van der Waals surface area contributed by atoms with Crippen LogP contribution in [-0.4, -0.2) is 49.9 Å². The van der Waals surface area contributed by atoms with Crippen molar-refractivity contribution in [3.63, 3.8) is 0 Å². The van der Waals surface area contributed by atoms with E-state index in [1.165, 1.54) is 12.0 Å². The summed E-state index contributed by atoms with van der Waals surface area (Å²) < 4.78 is 41.2. The Morgan fingerprint density at radius 2 is 2.00 bits per heavy atom. The van der Waals surface area contributed by atoms with Crippen molar-refractivity contribution in [1.82, 2.24) is 4.90 Å². The molecule has 0 spiro atoms. The van der Waals surface area contributed by atoms with E-state index in [0.29, 0.717) is 24.5 Å². The summed E-state index contributed by atoms with van der Waals surface area (Å²) in [5.74, 6) is 0.300. The minimum atomic E-state index is -2.58. The predicted octanol–water partition coefficient (Wildman–Crippen LogP) is 4.48. The fourth-order valence-electron chi connectivity index (χ4n) is 1.93. The van der Waals surface area contributed by atoms with E-state index in [9.17, 15) is 13.6 Å². The van der Waals surface area contributed by atoms with E-state index in [1.807, 2.05) is 0 Å². The molecule has 25 heavy (non-hydrogen) atoms. The first-order valence-electron chi connectivity index (χ1n) is 7.78. The smallest absolute Gasteiger partial charge is 0.410 e. The van der Waals surface area contributed by atoms with Crippen LogP contribution in [-0.2, 0) is 16.0 Å². The van der Waals surface area contributed by atoms with Crippen LogP contribution < -0.4 is 4.74 Å². The lowest BCUT2D eigenvalue weighted by Crippen LogP contribution is -2.38. The molecule has 0 saturated heterocycles. The zero-order chi connectivity index (χ0) is 19.0. The number of rotatable bonds is 8. The molecule has 0 radical (unpaired) electrons. The van der Waals surface area contributed by atoms with E-state index < -0.39 is 24.7 Å². The van der Waals surface area contributed by atoms with Gasteiger partial charge in [0.2, 0.25) is 0 Å². The van der Waals surface area contributed by atoms with Crippen LogP contribution in [0.25, 0.3) is 0 Å². The van der Waals surface area contributed by atoms with Crippen LogP contribution in [0, 0.1) is 0 Å². The summed E-state index contributed by atoms with van der Waals surface area (Å²) in [6.07, 6.45) is -3.09. The number of methoxy groups -OCH3 is 1. The molecule has 0 aliphatic rings. The Balaban J connectivity index is 2.97. The second-order valence-corrected chi connectivity index (χ2v) is 7.26. The number of carbonyl (C=O) groups excluding carboxylic acids is 1. The van der Waals surface area contributed by atoms with Gasteiger partial charge in [0.05, 0.1) is 13.2 Å². The monoisotopic (exact) mass is 423 g/mol. The third-order valence-corrected chi connectivity index (χ3v) is 3.46. The van der Waals surface area contributed by atoms with Crippen molar-refractivity contribution < 1.29 is 27.8 Å². The highest BCUT2D eigenvalue weighted by atomic mass is 79.9. The zero-order valence-corrected chi connectivity index (χ0v) is 16.4. The third-order valence-electron chi connectivity index (χ3n) is 2.97. The maximum Gasteiger partial charge on any atom is 0.410 e. The molecule has 0 fully saturated rings. The molecule has 1 amide bonds. The van der Waals surface area contributed by atoms with Gasteiger partial charge in [-0.05, 0) is 39.0 Å². The largest absolute Gasteiger partial charge is 0.487 e. The second-order valence-electron chi connectivity index (χ2n) is 6.35. The average molecular weight is 424 g/mol. The standard InChI is InChI=1S/C17H24BrF2NO4/c1-17(2,3)25-16(22)21(7-8-23-4)10-12-9-13(18)5-6-14(12)24-11-15(19)20/h5-6,9,15H,7-8,10-11H2,1-4H3. The molecule has 0 aliphatic heterocycles. The summed E-state index contributed by atoms with van der Waals surface area (Å²) in [5, 5.41) is 0. The second kappa shape index (κ2) is 9.91. The van der Waals surface area contributed by atoms with Crippen LogP contribution in [0.15, 0.2) is 22.7 Å². The van der Waals surface area contributed by atoms with Gasteiger partial charge in [-0.15, -0.1) is 0 Å². The number of nitrogens with zero attached hydrogens (tertiary/aromatic N) is 1. The fraction of sp³-hybridized carbons (Fsp3) is 0.588. The SMILES string of the molecule is COCCN(Cc1cc(Br)ccc1OCC(F)F)C(=O)OC(C)(C)C. The van der Waals surface area contributed by atoms with Gasteiger partial charge in [-0.3, -0.25) is 0 Å². The topological polar surface area (TPSA) is 48.0 Å². The van der Waals surface area contributed by atoms with Gasteiger partial charge in [0.1, 0.15) is 18.0 Å². The van der Waals surface area contributed by atoms with Gasteiger partial charge in [-0.1, -0.05) is 15.9 Å². The van der Waals surface area contributed by atoms with Gasteiger partial charge in [-0.25, -0.2) is 13.6 Å². The number of amides is 1. The van der Waals surface area contributed by atoms with Crippen molar-refractivity contribution in [3.05, 3.63) is 28.2 Å². The molecule has 0 unspecified atom stereocenters. The molecule has 0 atom stereocenters. The molecule has 0 N–H and O–H groups in total. The molecule has 0 bridgehead atoms. The highest BCUT2D eigenvalue weighted by Crippen LogP contribution is 2.26. The number of ether oxygens (including phenoxy) is 3. The van der Waals surface area contributed by atoms with Crippen LogP contribution in [0.5, 0.6) is 5.75 Å². The van der Waals surface area contributed by atoms with Crippen LogP contribution in [0.2, 0.25) is 0 Å². The Bertz CT molecular complexity index is 564. The minimum Gasteiger partial charge on any atom is -0.487 e. The predicted molar refractivity (Wildman–Crippen MR) is 94.2 cm³/mol. The van der Waals surface area contributed by atoms with Crippen molar-refractivity contribution >= 4 is 22.0 Å². The van der Waals surface area contributed by atoms with Gasteiger partial charge in [0, 0.05) is 23.7 Å². The Kier molecular flexibility index (Phi) is 8.58. The third kappa shape index (κ3) is 8.49. The summed E-state index contributed by atoms with van der Waals surface area (Å²) >= 11 is 3.34. The minimum absolute atomic E-state index is 0.149. The Labute approximate surface area is 155 Å². The Morgan fingerprint density at radius 1 is 1.32 bits per heavy atom. The average Bonchev–Trinajstić information content (AvgIpc) is 2.48. The van der Waals surface area contributed by atoms with Crippen molar-refractivity contribution in [2.24, 2.45) is 0 Å². The number of alkyl halides is 2. The maximum atomic E-state index is 12.4. The van der Waals surface area contributed by atoms with Gasteiger partial charge >= 0.3 is 6.09 Å². The van der Waals surface area contributed by atoms with E-state index >= 15 is 0 Å². The highest BCUT2D eigenvalue weighted by molar-refractivity contribution is 9.10. The Hall–Kier alpha value is -1.41. The lowest BCUT2D eigenvalue weighted by molar-refractivity contribution is 0.0180.